The van der Waals surface area contributed by atoms with E-state index in [0.29, 0.717) is 22.1 Å². The van der Waals surface area contributed by atoms with E-state index in [9.17, 15) is 4.79 Å². The van der Waals surface area contributed by atoms with E-state index in [-0.39, 0.29) is 11.5 Å². The van der Waals surface area contributed by atoms with E-state index in [1.54, 1.807) is 53.6 Å². The van der Waals surface area contributed by atoms with Crippen LogP contribution in [0.25, 0.3) is 0 Å². The number of halogens is 1. The van der Waals surface area contributed by atoms with Crippen LogP contribution in [-0.4, -0.2) is 31.9 Å². The molecule has 2 aromatic carbocycles. The summed E-state index contributed by atoms with van der Waals surface area (Å²) in [5.41, 5.74) is 0.442. The van der Waals surface area contributed by atoms with Crippen LogP contribution in [0.1, 0.15) is 10.4 Å². The molecule has 0 spiro atoms. The molecular formula is C18H18ClNO3. The number of carbonyl (C=O) groups excluding carboxylic acids is 1. The Morgan fingerprint density at radius 3 is 2.35 bits per heavy atom. The molecule has 0 aliphatic heterocycles. The number of rotatable bonds is 6. The molecule has 0 unspecified atom stereocenters. The molecular weight excluding hydrogens is 314 g/mol. The van der Waals surface area contributed by atoms with Gasteiger partial charge in [-0.3, -0.25) is 4.79 Å². The molecule has 0 aromatic heterocycles. The number of hydrogen-bond acceptors (Lipinski definition) is 4. The molecule has 0 saturated heterocycles. The molecule has 0 radical (unpaired) electrons. The molecule has 0 heterocycles. The van der Waals surface area contributed by atoms with Gasteiger partial charge in [-0.1, -0.05) is 23.7 Å². The Morgan fingerprint density at radius 2 is 1.74 bits per heavy atom. The van der Waals surface area contributed by atoms with Crippen LogP contribution in [0.3, 0.4) is 0 Å². The Morgan fingerprint density at radius 1 is 1.09 bits per heavy atom. The van der Waals surface area contributed by atoms with Crippen LogP contribution < -0.4 is 9.47 Å². The van der Waals surface area contributed by atoms with Crippen molar-refractivity contribution in [2.75, 3.05) is 21.2 Å². The van der Waals surface area contributed by atoms with Gasteiger partial charge in [-0.05, 0) is 36.4 Å². The summed E-state index contributed by atoms with van der Waals surface area (Å²) in [7, 11) is 5.17. The summed E-state index contributed by atoms with van der Waals surface area (Å²) in [6.45, 7) is 0. The van der Waals surface area contributed by atoms with Gasteiger partial charge in [0.25, 0.3) is 0 Å². The van der Waals surface area contributed by atoms with E-state index >= 15 is 0 Å². The molecule has 0 N–H and O–H groups in total. The smallest absolute Gasteiger partial charge is 0.233 e. The number of ketones is 1. The molecule has 0 fully saturated rings. The van der Waals surface area contributed by atoms with Crippen molar-refractivity contribution in [3.05, 3.63) is 71.1 Å². The number of hydrogen-bond donors (Lipinski definition) is 0. The highest BCUT2D eigenvalue weighted by atomic mass is 35.5. The second kappa shape index (κ2) is 7.70. The average Bonchev–Trinajstić information content (AvgIpc) is 2.55. The third-order valence-corrected chi connectivity index (χ3v) is 3.24. The highest BCUT2D eigenvalue weighted by Gasteiger charge is 2.19. The first-order valence-electron chi connectivity index (χ1n) is 7.00. The molecule has 0 saturated carbocycles. The molecule has 0 aliphatic rings. The lowest BCUT2D eigenvalue weighted by Crippen LogP contribution is -2.15. The monoisotopic (exact) mass is 331 g/mol. The van der Waals surface area contributed by atoms with E-state index < -0.39 is 0 Å². The summed E-state index contributed by atoms with van der Waals surface area (Å²) in [6.07, 6.45) is 1.63. The van der Waals surface area contributed by atoms with E-state index in [1.807, 2.05) is 20.2 Å². The number of methoxy groups -OCH3 is 1. The van der Waals surface area contributed by atoms with Crippen molar-refractivity contribution in [2.24, 2.45) is 0 Å². The highest BCUT2D eigenvalue weighted by Crippen LogP contribution is 2.24. The topological polar surface area (TPSA) is 38.8 Å². The van der Waals surface area contributed by atoms with Crippen LogP contribution in [-0.2, 0) is 0 Å². The van der Waals surface area contributed by atoms with Gasteiger partial charge in [-0.25, -0.2) is 0 Å². The second-order valence-corrected chi connectivity index (χ2v) is 5.48. The summed E-state index contributed by atoms with van der Waals surface area (Å²) in [5, 5.41) is 0.603. The maximum Gasteiger partial charge on any atom is 0.233 e. The Labute approximate surface area is 140 Å². The van der Waals surface area contributed by atoms with E-state index in [2.05, 4.69) is 0 Å². The highest BCUT2D eigenvalue weighted by molar-refractivity contribution is 6.30. The zero-order valence-corrected chi connectivity index (χ0v) is 14.0. The fraction of sp³-hybridized carbons (Fsp3) is 0.167. The fourth-order valence-corrected chi connectivity index (χ4v) is 2.09. The average molecular weight is 332 g/mol. The SMILES string of the molecule is COc1ccccc1C(=O)/C(=C\N(C)C)Oc1ccc(Cl)cc1. The van der Waals surface area contributed by atoms with Gasteiger partial charge in [0.1, 0.15) is 11.5 Å². The number of Topliss-reactive ketones (excluding diaryl/α,β-unsaturated/α-hetero) is 1. The summed E-state index contributed by atoms with van der Waals surface area (Å²) in [6, 6.07) is 13.9. The van der Waals surface area contributed by atoms with Gasteiger partial charge in [-0.15, -0.1) is 0 Å². The molecule has 0 bridgehead atoms. The zero-order chi connectivity index (χ0) is 16.8. The van der Waals surface area contributed by atoms with Crippen molar-refractivity contribution >= 4 is 17.4 Å². The minimum Gasteiger partial charge on any atom is -0.496 e. The number of ether oxygens (including phenoxy) is 2. The van der Waals surface area contributed by atoms with E-state index in [4.69, 9.17) is 21.1 Å². The fourth-order valence-electron chi connectivity index (χ4n) is 1.96. The van der Waals surface area contributed by atoms with Crippen LogP contribution >= 0.6 is 11.6 Å². The lowest BCUT2D eigenvalue weighted by atomic mass is 10.1. The maximum atomic E-state index is 12.8. The Bertz CT molecular complexity index is 708. The first-order valence-corrected chi connectivity index (χ1v) is 7.38. The Hall–Kier alpha value is -2.46. The molecule has 0 aliphatic carbocycles. The van der Waals surface area contributed by atoms with Gasteiger partial charge in [0.05, 0.1) is 12.7 Å². The zero-order valence-electron chi connectivity index (χ0n) is 13.2. The molecule has 2 aromatic rings. The van der Waals surface area contributed by atoms with Crippen LogP contribution in [0.5, 0.6) is 11.5 Å². The molecule has 0 atom stereocenters. The normalized spacial score (nSPS) is 11.0. The van der Waals surface area contributed by atoms with Crippen molar-refractivity contribution in [1.29, 1.82) is 0 Å². The predicted octanol–water partition coefficient (Wildman–Crippen LogP) is 4.01. The Balaban J connectivity index is 2.35. The van der Waals surface area contributed by atoms with Crippen molar-refractivity contribution in [3.8, 4) is 11.5 Å². The maximum absolute atomic E-state index is 12.8. The van der Waals surface area contributed by atoms with Crippen molar-refractivity contribution < 1.29 is 14.3 Å². The number of benzene rings is 2. The molecule has 2 rings (SSSR count). The van der Waals surface area contributed by atoms with Gasteiger partial charge in [0, 0.05) is 25.3 Å². The first kappa shape index (κ1) is 16.9. The molecule has 0 amide bonds. The molecule has 4 nitrogen and oxygen atoms in total. The van der Waals surface area contributed by atoms with Crippen LogP contribution in [0.4, 0.5) is 0 Å². The molecule has 120 valence electrons. The lowest BCUT2D eigenvalue weighted by molar-refractivity contribution is 0.0979. The van der Waals surface area contributed by atoms with E-state index in [0.717, 1.165) is 0 Å². The summed E-state index contributed by atoms with van der Waals surface area (Å²) >= 11 is 5.87. The van der Waals surface area contributed by atoms with Crippen LogP contribution in [0, 0.1) is 0 Å². The number of allylic oxidation sites excluding steroid dienone is 1. The van der Waals surface area contributed by atoms with Crippen molar-refractivity contribution in [2.45, 2.75) is 0 Å². The van der Waals surface area contributed by atoms with E-state index in [1.165, 1.54) is 7.11 Å². The lowest BCUT2D eigenvalue weighted by Gasteiger charge is -2.14. The number of carbonyl (C=O) groups is 1. The summed E-state index contributed by atoms with van der Waals surface area (Å²) in [4.78, 5) is 14.6. The summed E-state index contributed by atoms with van der Waals surface area (Å²) < 4.78 is 11.0. The second-order valence-electron chi connectivity index (χ2n) is 5.04. The van der Waals surface area contributed by atoms with Gasteiger partial charge in [0.15, 0.2) is 5.76 Å². The van der Waals surface area contributed by atoms with Gasteiger partial charge in [-0.2, -0.15) is 0 Å². The number of nitrogens with zero attached hydrogens (tertiary/aromatic N) is 1. The van der Waals surface area contributed by atoms with Crippen LogP contribution in [0.2, 0.25) is 5.02 Å². The third-order valence-electron chi connectivity index (χ3n) is 2.99. The van der Waals surface area contributed by atoms with Crippen molar-refractivity contribution in [1.82, 2.24) is 4.90 Å². The van der Waals surface area contributed by atoms with Crippen LogP contribution in [0.15, 0.2) is 60.5 Å². The first-order chi connectivity index (χ1) is 11.0. The van der Waals surface area contributed by atoms with Gasteiger partial charge >= 0.3 is 0 Å². The number of para-hydroxylation sites is 1. The molecule has 23 heavy (non-hydrogen) atoms. The largest absolute Gasteiger partial charge is 0.496 e. The minimum absolute atomic E-state index is 0.196. The molecule has 5 heteroatoms. The quantitative estimate of drug-likeness (QED) is 0.455. The summed E-state index contributed by atoms with van der Waals surface area (Å²) in [5.74, 6) is 0.973. The third kappa shape index (κ3) is 4.50. The van der Waals surface area contributed by atoms with Gasteiger partial charge < -0.3 is 14.4 Å². The predicted molar refractivity (Wildman–Crippen MR) is 91.2 cm³/mol. The minimum atomic E-state index is -0.258. The standard InChI is InChI=1S/C18H18ClNO3/c1-20(2)12-17(23-14-10-8-13(19)9-11-14)18(21)15-6-4-5-7-16(15)22-3/h4-12H,1-3H3/b17-12+. The van der Waals surface area contributed by atoms with Crippen molar-refractivity contribution in [3.63, 3.8) is 0 Å². The Kier molecular flexibility index (Phi) is 5.66. The van der Waals surface area contributed by atoms with Gasteiger partial charge in [0.2, 0.25) is 5.78 Å².